The summed E-state index contributed by atoms with van der Waals surface area (Å²) in [6, 6.07) is 5.88. The molecule has 1 aliphatic heterocycles. The molecule has 0 bridgehead atoms. The summed E-state index contributed by atoms with van der Waals surface area (Å²) in [5.41, 5.74) is 1.42. The van der Waals surface area contributed by atoms with E-state index in [9.17, 15) is 0 Å². The molecule has 118 valence electrons. The van der Waals surface area contributed by atoms with Crippen LogP contribution in [0.15, 0.2) is 18.3 Å². The van der Waals surface area contributed by atoms with Crippen molar-refractivity contribution in [1.29, 1.82) is 0 Å². The molecule has 0 spiro atoms. The first-order valence-electron chi connectivity index (χ1n) is 8.53. The fourth-order valence-electron chi connectivity index (χ4n) is 3.70. The molecule has 1 aromatic heterocycles. The highest BCUT2D eigenvalue weighted by Crippen LogP contribution is 2.37. The van der Waals surface area contributed by atoms with Crippen molar-refractivity contribution in [3.8, 4) is 0 Å². The summed E-state index contributed by atoms with van der Waals surface area (Å²) in [5.74, 6) is 1.19. The van der Waals surface area contributed by atoms with Gasteiger partial charge in [0.1, 0.15) is 5.82 Å². The third kappa shape index (κ3) is 3.57. The average molecular weight is 289 g/mol. The highest BCUT2D eigenvalue weighted by atomic mass is 15.2. The molecule has 0 N–H and O–H groups in total. The predicted molar refractivity (Wildman–Crippen MR) is 90.8 cm³/mol. The monoisotopic (exact) mass is 289 g/mol. The van der Waals surface area contributed by atoms with E-state index in [4.69, 9.17) is 4.98 Å². The average Bonchev–Trinajstić information content (AvgIpc) is 2.87. The lowest BCUT2D eigenvalue weighted by Gasteiger charge is -2.35. The Morgan fingerprint density at radius 1 is 1.29 bits per heavy atom. The van der Waals surface area contributed by atoms with Crippen molar-refractivity contribution in [2.45, 2.75) is 72.0 Å². The minimum absolute atomic E-state index is 0.472. The van der Waals surface area contributed by atoms with E-state index in [-0.39, 0.29) is 0 Å². The Morgan fingerprint density at radius 2 is 2.00 bits per heavy atom. The SMILES string of the molecule is CCCN1CCCC1c1cccnc1N(C(C)C)C(C)C. The second kappa shape index (κ2) is 7.26. The van der Waals surface area contributed by atoms with Gasteiger partial charge in [0.05, 0.1) is 0 Å². The third-order valence-electron chi connectivity index (χ3n) is 4.41. The van der Waals surface area contributed by atoms with Crippen LogP contribution in [0.4, 0.5) is 5.82 Å². The van der Waals surface area contributed by atoms with Crippen molar-refractivity contribution in [3.63, 3.8) is 0 Å². The first kappa shape index (κ1) is 16.3. The first-order chi connectivity index (χ1) is 10.1. The van der Waals surface area contributed by atoms with Crippen molar-refractivity contribution in [2.24, 2.45) is 0 Å². The van der Waals surface area contributed by atoms with E-state index in [1.165, 1.54) is 43.7 Å². The molecule has 1 unspecified atom stereocenters. The number of hydrogen-bond acceptors (Lipinski definition) is 3. The van der Waals surface area contributed by atoms with Gasteiger partial charge in [-0.1, -0.05) is 13.0 Å². The molecule has 1 aliphatic rings. The van der Waals surface area contributed by atoms with Crippen LogP contribution in [0, 0.1) is 0 Å². The molecule has 3 heteroatoms. The van der Waals surface area contributed by atoms with Gasteiger partial charge in [-0.15, -0.1) is 0 Å². The summed E-state index contributed by atoms with van der Waals surface area (Å²) in [7, 11) is 0. The smallest absolute Gasteiger partial charge is 0.133 e. The number of hydrogen-bond donors (Lipinski definition) is 0. The van der Waals surface area contributed by atoms with E-state index >= 15 is 0 Å². The summed E-state index contributed by atoms with van der Waals surface area (Å²) in [5, 5.41) is 0. The topological polar surface area (TPSA) is 19.4 Å². The van der Waals surface area contributed by atoms with E-state index in [1.807, 2.05) is 6.20 Å². The molecular weight excluding hydrogens is 258 g/mol. The predicted octanol–water partition coefficient (Wildman–Crippen LogP) is 4.25. The van der Waals surface area contributed by atoms with Crippen molar-refractivity contribution in [2.75, 3.05) is 18.0 Å². The summed E-state index contributed by atoms with van der Waals surface area (Å²) in [4.78, 5) is 9.85. The lowest BCUT2D eigenvalue weighted by molar-refractivity contribution is 0.257. The van der Waals surface area contributed by atoms with Gasteiger partial charge in [0, 0.05) is 29.9 Å². The van der Waals surface area contributed by atoms with E-state index in [2.05, 4.69) is 56.6 Å². The normalized spacial score (nSPS) is 19.7. The molecule has 21 heavy (non-hydrogen) atoms. The van der Waals surface area contributed by atoms with E-state index < -0.39 is 0 Å². The third-order valence-corrected chi connectivity index (χ3v) is 4.41. The molecule has 1 aromatic rings. The van der Waals surface area contributed by atoms with Gasteiger partial charge >= 0.3 is 0 Å². The minimum atomic E-state index is 0.472. The highest BCUT2D eigenvalue weighted by Gasteiger charge is 2.30. The zero-order chi connectivity index (χ0) is 15.4. The molecule has 2 heterocycles. The van der Waals surface area contributed by atoms with Gasteiger partial charge in [0.25, 0.3) is 0 Å². The van der Waals surface area contributed by atoms with Gasteiger partial charge in [-0.05, 0) is 66.1 Å². The molecule has 0 aromatic carbocycles. The Balaban J connectivity index is 2.36. The number of likely N-dealkylation sites (tertiary alicyclic amines) is 1. The maximum atomic E-state index is 4.76. The van der Waals surface area contributed by atoms with Crippen LogP contribution in [-0.2, 0) is 0 Å². The maximum Gasteiger partial charge on any atom is 0.133 e. The molecule has 0 saturated carbocycles. The molecule has 3 nitrogen and oxygen atoms in total. The van der Waals surface area contributed by atoms with E-state index in [0.29, 0.717) is 18.1 Å². The largest absolute Gasteiger partial charge is 0.351 e. The number of rotatable bonds is 6. The molecule has 0 aliphatic carbocycles. The van der Waals surface area contributed by atoms with Crippen LogP contribution in [-0.4, -0.2) is 35.1 Å². The number of aromatic nitrogens is 1. The van der Waals surface area contributed by atoms with Crippen molar-refractivity contribution >= 4 is 5.82 Å². The van der Waals surface area contributed by atoms with Crippen LogP contribution in [0.1, 0.15) is 65.5 Å². The molecule has 0 radical (unpaired) electrons. The second-order valence-corrected chi connectivity index (χ2v) is 6.70. The number of pyridine rings is 1. The van der Waals surface area contributed by atoms with Gasteiger partial charge in [0.2, 0.25) is 0 Å². The highest BCUT2D eigenvalue weighted by molar-refractivity contribution is 5.50. The first-order valence-corrected chi connectivity index (χ1v) is 8.53. The fourth-order valence-corrected chi connectivity index (χ4v) is 3.70. The molecule has 0 amide bonds. The molecule has 1 fully saturated rings. The van der Waals surface area contributed by atoms with E-state index in [1.54, 1.807) is 0 Å². The van der Waals surface area contributed by atoms with Gasteiger partial charge < -0.3 is 4.90 Å². The summed E-state index contributed by atoms with van der Waals surface area (Å²) in [6.45, 7) is 13.7. The zero-order valence-corrected chi connectivity index (χ0v) is 14.3. The lowest BCUT2D eigenvalue weighted by Crippen LogP contribution is -2.39. The van der Waals surface area contributed by atoms with Crippen LogP contribution in [0.3, 0.4) is 0 Å². The summed E-state index contributed by atoms with van der Waals surface area (Å²) in [6.07, 6.45) is 5.74. The quantitative estimate of drug-likeness (QED) is 0.780. The Morgan fingerprint density at radius 3 is 2.62 bits per heavy atom. The Kier molecular flexibility index (Phi) is 5.63. The fraction of sp³-hybridized carbons (Fsp3) is 0.722. The van der Waals surface area contributed by atoms with Gasteiger partial charge in [-0.25, -0.2) is 4.98 Å². The van der Waals surface area contributed by atoms with Crippen LogP contribution in [0.5, 0.6) is 0 Å². The van der Waals surface area contributed by atoms with Crippen LogP contribution in [0.2, 0.25) is 0 Å². The van der Waals surface area contributed by atoms with Gasteiger partial charge in [-0.3, -0.25) is 4.90 Å². The molecule has 2 rings (SSSR count). The van der Waals surface area contributed by atoms with Gasteiger partial charge in [0.15, 0.2) is 0 Å². The Labute approximate surface area is 130 Å². The zero-order valence-electron chi connectivity index (χ0n) is 14.3. The van der Waals surface area contributed by atoms with Crippen molar-refractivity contribution < 1.29 is 0 Å². The summed E-state index contributed by atoms with van der Waals surface area (Å²) < 4.78 is 0. The number of nitrogens with zero attached hydrogens (tertiary/aromatic N) is 3. The van der Waals surface area contributed by atoms with Crippen LogP contribution in [0.25, 0.3) is 0 Å². The van der Waals surface area contributed by atoms with Crippen LogP contribution >= 0.6 is 0 Å². The van der Waals surface area contributed by atoms with E-state index in [0.717, 1.165) is 0 Å². The second-order valence-electron chi connectivity index (χ2n) is 6.70. The maximum absolute atomic E-state index is 4.76. The van der Waals surface area contributed by atoms with Crippen LogP contribution < -0.4 is 4.90 Å². The standard InChI is InChI=1S/C18H31N3/c1-6-12-20-13-8-10-17(20)16-9-7-11-19-18(16)21(14(2)3)15(4)5/h7,9,11,14-15,17H,6,8,10,12-13H2,1-5H3. The minimum Gasteiger partial charge on any atom is -0.351 e. The molecule has 1 saturated heterocycles. The van der Waals surface area contributed by atoms with Crippen molar-refractivity contribution in [1.82, 2.24) is 9.88 Å². The number of anilines is 1. The van der Waals surface area contributed by atoms with Crippen molar-refractivity contribution in [3.05, 3.63) is 23.9 Å². The summed E-state index contributed by atoms with van der Waals surface area (Å²) >= 11 is 0. The molecular formula is C18H31N3. The lowest BCUT2D eigenvalue weighted by atomic mass is 10.0. The van der Waals surface area contributed by atoms with Gasteiger partial charge in [-0.2, -0.15) is 0 Å². The Hall–Kier alpha value is -1.09. The Bertz CT molecular complexity index is 434. The molecule has 1 atom stereocenters.